The second-order valence-corrected chi connectivity index (χ2v) is 5.92. The van der Waals surface area contributed by atoms with Gasteiger partial charge in [-0.1, -0.05) is 0 Å². The first kappa shape index (κ1) is 14.9. The van der Waals surface area contributed by atoms with Gasteiger partial charge in [-0.25, -0.2) is 9.97 Å². The van der Waals surface area contributed by atoms with Crippen molar-refractivity contribution in [2.75, 3.05) is 0 Å². The van der Waals surface area contributed by atoms with Gasteiger partial charge in [-0.05, 0) is 42.5 Å². The average Bonchev–Trinajstić information content (AvgIpc) is 2.66. The Morgan fingerprint density at radius 2 is 1.23 bits per heavy atom. The summed E-state index contributed by atoms with van der Waals surface area (Å²) in [6.07, 6.45) is -1.10. The van der Waals surface area contributed by atoms with Crippen LogP contribution in [-0.2, 0) is 6.18 Å². The van der Waals surface area contributed by atoms with Gasteiger partial charge in [0.25, 0.3) is 0 Å². The lowest BCUT2D eigenvalue weighted by atomic mass is 10.1. The van der Waals surface area contributed by atoms with Crippen LogP contribution in [0.2, 0.25) is 0 Å². The highest BCUT2D eigenvalue weighted by molar-refractivity contribution is 6.21. The van der Waals surface area contributed by atoms with Crippen molar-refractivity contribution in [1.29, 1.82) is 0 Å². The monoisotopic (exact) mass is 350 g/mol. The van der Waals surface area contributed by atoms with E-state index in [4.69, 9.17) is 0 Å². The first-order valence-electron chi connectivity index (χ1n) is 7.82. The summed E-state index contributed by atoms with van der Waals surface area (Å²) in [6, 6.07) is 10.6. The summed E-state index contributed by atoms with van der Waals surface area (Å²) in [7, 11) is 0. The van der Waals surface area contributed by atoms with E-state index in [-0.39, 0.29) is 5.52 Å². The number of pyridine rings is 2. The summed E-state index contributed by atoms with van der Waals surface area (Å²) in [6.45, 7) is 0. The minimum absolute atomic E-state index is 0.195. The Kier molecular flexibility index (Phi) is 2.92. The average molecular weight is 350 g/mol. The zero-order valence-corrected chi connectivity index (χ0v) is 13.1. The molecule has 5 aromatic rings. The van der Waals surface area contributed by atoms with Gasteiger partial charge in [0.2, 0.25) is 0 Å². The first-order valence-corrected chi connectivity index (χ1v) is 7.82. The fourth-order valence-corrected chi connectivity index (χ4v) is 3.18. The lowest BCUT2D eigenvalue weighted by Crippen LogP contribution is -2.05. The van der Waals surface area contributed by atoms with E-state index in [1.807, 2.05) is 12.1 Å². The molecule has 0 saturated carbocycles. The topological polar surface area (TPSA) is 51.6 Å². The zero-order valence-electron chi connectivity index (χ0n) is 13.1. The van der Waals surface area contributed by atoms with Gasteiger partial charge < -0.3 is 0 Å². The van der Waals surface area contributed by atoms with Gasteiger partial charge in [0.05, 0.1) is 38.7 Å². The van der Waals surface area contributed by atoms with Crippen LogP contribution in [0, 0.1) is 0 Å². The SMILES string of the molecule is FC(F)(F)c1ccc2nc3c4cccnc4c4ncccc4c3nc2c1. The van der Waals surface area contributed by atoms with Gasteiger partial charge in [-0.2, -0.15) is 13.2 Å². The van der Waals surface area contributed by atoms with Crippen molar-refractivity contribution in [3.63, 3.8) is 0 Å². The molecule has 26 heavy (non-hydrogen) atoms. The largest absolute Gasteiger partial charge is 0.416 e. The predicted octanol–water partition coefficient (Wildman–Crippen LogP) is 4.90. The van der Waals surface area contributed by atoms with Gasteiger partial charge in [-0.15, -0.1) is 0 Å². The minimum Gasteiger partial charge on any atom is -0.254 e. The maximum Gasteiger partial charge on any atom is 0.416 e. The third-order valence-corrected chi connectivity index (χ3v) is 4.34. The van der Waals surface area contributed by atoms with E-state index >= 15 is 0 Å². The molecule has 3 aromatic heterocycles. The van der Waals surface area contributed by atoms with E-state index in [9.17, 15) is 13.2 Å². The summed E-state index contributed by atoms with van der Waals surface area (Å²) in [5, 5.41) is 1.48. The van der Waals surface area contributed by atoms with Gasteiger partial charge >= 0.3 is 6.18 Å². The van der Waals surface area contributed by atoms with Crippen LogP contribution >= 0.6 is 0 Å². The summed E-state index contributed by atoms with van der Waals surface area (Å²) < 4.78 is 39.1. The van der Waals surface area contributed by atoms with Crippen LogP contribution in [0.5, 0.6) is 0 Å². The molecule has 2 aromatic carbocycles. The van der Waals surface area contributed by atoms with Crippen molar-refractivity contribution in [1.82, 2.24) is 19.9 Å². The summed E-state index contributed by atoms with van der Waals surface area (Å²) >= 11 is 0. The lowest BCUT2D eigenvalue weighted by Gasteiger charge is -2.10. The summed E-state index contributed by atoms with van der Waals surface area (Å²) in [5.74, 6) is 0. The van der Waals surface area contributed by atoms with E-state index in [0.717, 1.165) is 17.5 Å². The van der Waals surface area contributed by atoms with E-state index in [1.165, 1.54) is 6.07 Å². The van der Waals surface area contributed by atoms with E-state index in [0.29, 0.717) is 33.0 Å². The molecule has 0 N–H and O–H groups in total. The Bertz CT molecular complexity index is 1330. The predicted molar refractivity (Wildman–Crippen MR) is 92.6 cm³/mol. The fourth-order valence-electron chi connectivity index (χ4n) is 3.18. The fraction of sp³-hybridized carbons (Fsp3) is 0.0526. The molecule has 0 radical (unpaired) electrons. The van der Waals surface area contributed by atoms with Crippen molar-refractivity contribution in [3.05, 3.63) is 60.4 Å². The number of hydrogen-bond acceptors (Lipinski definition) is 4. The Balaban J connectivity index is 2.00. The Labute approximate surface area is 144 Å². The standard InChI is InChI=1S/C19H9F3N4/c20-19(21,22)10-5-6-13-14(9-10)26-18-12-4-2-8-24-16(12)15-11(17(18)25-13)3-1-7-23-15/h1-9H. The molecule has 126 valence electrons. The Hall–Kier alpha value is -3.35. The molecule has 0 spiro atoms. The van der Waals surface area contributed by atoms with Crippen molar-refractivity contribution in [2.24, 2.45) is 0 Å². The minimum atomic E-state index is -4.43. The van der Waals surface area contributed by atoms with Crippen molar-refractivity contribution >= 4 is 43.9 Å². The lowest BCUT2D eigenvalue weighted by molar-refractivity contribution is -0.137. The van der Waals surface area contributed by atoms with E-state index in [2.05, 4.69) is 19.9 Å². The molecule has 5 rings (SSSR count). The van der Waals surface area contributed by atoms with Crippen LogP contribution in [0.1, 0.15) is 5.56 Å². The second kappa shape index (κ2) is 5.08. The Morgan fingerprint density at radius 1 is 0.654 bits per heavy atom. The molecule has 4 nitrogen and oxygen atoms in total. The molecule has 0 fully saturated rings. The molecule has 0 aliphatic heterocycles. The van der Waals surface area contributed by atoms with Crippen LogP contribution in [0.4, 0.5) is 13.2 Å². The molecule has 0 bridgehead atoms. The highest BCUT2D eigenvalue weighted by atomic mass is 19.4. The molecule has 0 unspecified atom stereocenters. The number of halogens is 3. The van der Waals surface area contributed by atoms with Crippen molar-refractivity contribution in [2.45, 2.75) is 6.18 Å². The third kappa shape index (κ3) is 2.10. The molecular formula is C19H9F3N4. The molecule has 3 heterocycles. The smallest absolute Gasteiger partial charge is 0.254 e. The van der Waals surface area contributed by atoms with Crippen molar-refractivity contribution < 1.29 is 13.2 Å². The van der Waals surface area contributed by atoms with Crippen LogP contribution in [0.15, 0.2) is 54.9 Å². The molecule has 0 atom stereocenters. The van der Waals surface area contributed by atoms with Gasteiger partial charge in [-0.3, -0.25) is 9.97 Å². The van der Waals surface area contributed by atoms with E-state index < -0.39 is 11.7 Å². The highest BCUT2D eigenvalue weighted by Gasteiger charge is 2.30. The molecule has 0 saturated heterocycles. The molecular weight excluding hydrogens is 341 g/mol. The molecule has 0 amide bonds. The maximum atomic E-state index is 13.0. The van der Waals surface area contributed by atoms with Gasteiger partial charge in [0, 0.05) is 23.2 Å². The summed E-state index contributed by atoms with van der Waals surface area (Å²) in [5.41, 5.74) is 2.30. The zero-order chi connectivity index (χ0) is 17.9. The number of fused-ring (bicyclic) bond motifs is 7. The quantitative estimate of drug-likeness (QED) is 0.294. The number of alkyl halides is 3. The number of benzene rings is 2. The van der Waals surface area contributed by atoms with Crippen LogP contribution in [0.25, 0.3) is 43.9 Å². The first-order chi connectivity index (χ1) is 12.5. The molecule has 0 aliphatic carbocycles. The van der Waals surface area contributed by atoms with Crippen LogP contribution in [-0.4, -0.2) is 19.9 Å². The number of rotatable bonds is 0. The highest BCUT2D eigenvalue weighted by Crippen LogP contribution is 2.34. The normalized spacial score (nSPS) is 12.4. The third-order valence-electron chi connectivity index (χ3n) is 4.34. The number of nitrogens with zero attached hydrogens (tertiary/aromatic N) is 4. The number of aromatic nitrogens is 4. The van der Waals surface area contributed by atoms with E-state index in [1.54, 1.807) is 24.5 Å². The second-order valence-electron chi connectivity index (χ2n) is 5.92. The van der Waals surface area contributed by atoms with Crippen molar-refractivity contribution in [3.8, 4) is 0 Å². The Morgan fingerprint density at radius 3 is 1.81 bits per heavy atom. The van der Waals surface area contributed by atoms with Crippen LogP contribution in [0.3, 0.4) is 0 Å². The van der Waals surface area contributed by atoms with Gasteiger partial charge in [0.15, 0.2) is 0 Å². The molecule has 7 heteroatoms. The molecule has 0 aliphatic rings. The number of hydrogen-bond donors (Lipinski definition) is 0. The summed E-state index contributed by atoms with van der Waals surface area (Å²) in [4.78, 5) is 17.9. The maximum absolute atomic E-state index is 13.0. The van der Waals surface area contributed by atoms with Gasteiger partial charge in [0.1, 0.15) is 0 Å². The van der Waals surface area contributed by atoms with Crippen LogP contribution < -0.4 is 0 Å².